The van der Waals surface area contributed by atoms with Crippen LogP contribution in [-0.2, 0) is 16.0 Å². The molecule has 7 nitrogen and oxygen atoms in total. The van der Waals surface area contributed by atoms with Gasteiger partial charge in [-0.2, -0.15) is 0 Å². The number of amides is 2. The van der Waals surface area contributed by atoms with Gasteiger partial charge in [-0.15, -0.1) is 0 Å². The molecule has 1 aromatic heterocycles. The minimum atomic E-state index is -0.540. The topological polar surface area (TPSA) is 89.6 Å². The highest BCUT2D eigenvalue weighted by Gasteiger charge is 2.32. The quantitative estimate of drug-likeness (QED) is 0.743. The van der Waals surface area contributed by atoms with Crippen molar-refractivity contribution in [2.45, 2.75) is 51.0 Å². The van der Waals surface area contributed by atoms with Gasteiger partial charge in [-0.3, -0.25) is 9.59 Å². The van der Waals surface area contributed by atoms with E-state index >= 15 is 0 Å². The first kappa shape index (κ1) is 20.7. The Morgan fingerprint density at radius 1 is 1.10 bits per heavy atom. The molecule has 1 aliphatic carbocycles. The summed E-state index contributed by atoms with van der Waals surface area (Å²) >= 11 is 0. The van der Waals surface area contributed by atoms with Gasteiger partial charge in [0.05, 0.1) is 6.42 Å². The van der Waals surface area contributed by atoms with E-state index in [1.165, 1.54) is 6.92 Å². The van der Waals surface area contributed by atoms with Gasteiger partial charge in [0.1, 0.15) is 11.4 Å². The molecule has 0 saturated heterocycles. The third-order valence-corrected chi connectivity index (χ3v) is 5.40. The second-order valence-electron chi connectivity index (χ2n) is 7.92. The molecule has 4 rings (SSSR count). The van der Waals surface area contributed by atoms with Gasteiger partial charge >= 0.3 is 0 Å². The van der Waals surface area contributed by atoms with Gasteiger partial charge in [0.15, 0.2) is 11.5 Å². The molecular formula is C24H25N3O4. The lowest BCUT2D eigenvalue weighted by molar-refractivity contribution is -0.122. The Morgan fingerprint density at radius 2 is 1.90 bits per heavy atom. The van der Waals surface area contributed by atoms with E-state index in [0.717, 1.165) is 43.2 Å². The van der Waals surface area contributed by atoms with Crippen molar-refractivity contribution >= 4 is 17.6 Å². The van der Waals surface area contributed by atoms with Crippen molar-refractivity contribution in [2.24, 2.45) is 0 Å². The summed E-state index contributed by atoms with van der Waals surface area (Å²) in [5.41, 5.74) is 1.07. The van der Waals surface area contributed by atoms with Crippen LogP contribution in [0.15, 0.2) is 36.5 Å². The van der Waals surface area contributed by atoms with Crippen LogP contribution >= 0.6 is 0 Å². The zero-order valence-electron chi connectivity index (χ0n) is 17.5. The lowest BCUT2D eigenvalue weighted by atomic mass is 9.81. The molecule has 0 radical (unpaired) electrons. The predicted octanol–water partition coefficient (Wildman–Crippen LogP) is 3.18. The van der Waals surface area contributed by atoms with Crippen molar-refractivity contribution in [1.82, 2.24) is 10.3 Å². The van der Waals surface area contributed by atoms with E-state index in [2.05, 4.69) is 27.5 Å². The van der Waals surface area contributed by atoms with Crippen LogP contribution in [0.1, 0.15) is 50.2 Å². The number of ether oxygens (including phenoxy) is 2. The molecule has 0 unspecified atom stereocenters. The number of carbonyl (C=O) groups excluding carboxylic acids is 2. The monoisotopic (exact) mass is 419 g/mol. The molecule has 1 aromatic carbocycles. The van der Waals surface area contributed by atoms with Gasteiger partial charge in [0, 0.05) is 18.7 Å². The standard InChI is InChI=1S/C24H25N3O4/c1-17(28)26-22-8-6-18(15-25-22)9-12-24(10-3-2-4-11-24)27-23(29)14-19-5-7-20-21(13-19)31-16-30-20/h5-8,13,15H,2-4,10-11,14,16H2,1H3,(H,27,29)(H,25,26,28). The molecule has 160 valence electrons. The number of aromatic nitrogens is 1. The Bertz CT molecular complexity index is 1030. The molecule has 0 atom stereocenters. The number of hydrogen-bond acceptors (Lipinski definition) is 5. The van der Waals surface area contributed by atoms with Crippen molar-refractivity contribution in [3.8, 4) is 23.3 Å². The van der Waals surface area contributed by atoms with Crippen LogP contribution < -0.4 is 20.1 Å². The van der Waals surface area contributed by atoms with E-state index in [4.69, 9.17) is 9.47 Å². The summed E-state index contributed by atoms with van der Waals surface area (Å²) < 4.78 is 10.7. The fourth-order valence-electron chi connectivity index (χ4n) is 3.90. The zero-order valence-corrected chi connectivity index (χ0v) is 17.5. The first-order valence-corrected chi connectivity index (χ1v) is 10.5. The Balaban J connectivity index is 1.46. The molecule has 7 heteroatoms. The van der Waals surface area contributed by atoms with Crippen molar-refractivity contribution in [2.75, 3.05) is 12.1 Å². The van der Waals surface area contributed by atoms with E-state index in [-0.39, 0.29) is 25.0 Å². The van der Waals surface area contributed by atoms with Crippen LogP contribution in [0.4, 0.5) is 5.82 Å². The second kappa shape index (κ2) is 9.09. The Kier molecular flexibility index (Phi) is 6.08. The number of rotatable bonds is 4. The average Bonchev–Trinajstić information content (AvgIpc) is 3.21. The first-order chi connectivity index (χ1) is 15.0. The van der Waals surface area contributed by atoms with Crippen LogP contribution in [0.25, 0.3) is 0 Å². The second-order valence-corrected chi connectivity index (χ2v) is 7.92. The fraction of sp³-hybridized carbons (Fsp3) is 0.375. The largest absolute Gasteiger partial charge is 0.454 e. The molecule has 1 aliphatic heterocycles. The van der Waals surface area contributed by atoms with E-state index in [0.29, 0.717) is 17.3 Å². The maximum absolute atomic E-state index is 12.8. The van der Waals surface area contributed by atoms with E-state index in [1.807, 2.05) is 24.3 Å². The predicted molar refractivity (Wildman–Crippen MR) is 116 cm³/mol. The van der Waals surface area contributed by atoms with Gasteiger partial charge in [-0.1, -0.05) is 37.2 Å². The lowest BCUT2D eigenvalue weighted by Gasteiger charge is -2.33. The third-order valence-electron chi connectivity index (χ3n) is 5.40. The minimum absolute atomic E-state index is 0.0609. The molecule has 1 fully saturated rings. The van der Waals surface area contributed by atoms with Crippen LogP contribution in [0.2, 0.25) is 0 Å². The summed E-state index contributed by atoms with van der Waals surface area (Å²) in [6.07, 6.45) is 6.73. The Morgan fingerprint density at radius 3 is 2.65 bits per heavy atom. The van der Waals surface area contributed by atoms with Crippen LogP contribution in [0, 0.1) is 11.8 Å². The van der Waals surface area contributed by atoms with Crippen molar-refractivity contribution < 1.29 is 19.1 Å². The molecule has 2 amide bonds. The average molecular weight is 419 g/mol. The van der Waals surface area contributed by atoms with E-state index in [1.54, 1.807) is 12.3 Å². The highest BCUT2D eigenvalue weighted by molar-refractivity contribution is 5.87. The lowest BCUT2D eigenvalue weighted by Crippen LogP contribution is -2.49. The number of pyridine rings is 1. The Labute approximate surface area is 181 Å². The van der Waals surface area contributed by atoms with Crippen molar-refractivity contribution in [3.05, 3.63) is 47.7 Å². The smallest absolute Gasteiger partial charge is 0.231 e. The van der Waals surface area contributed by atoms with Crippen LogP contribution in [-0.4, -0.2) is 29.1 Å². The molecule has 0 bridgehead atoms. The summed E-state index contributed by atoms with van der Waals surface area (Å²) in [5.74, 6) is 8.12. The number of carbonyl (C=O) groups is 2. The highest BCUT2D eigenvalue weighted by Crippen LogP contribution is 2.33. The van der Waals surface area contributed by atoms with Gasteiger partial charge < -0.3 is 20.1 Å². The van der Waals surface area contributed by atoms with E-state index < -0.39 is 5.54 Å². The van der Waals surface area contributed by atoms with Gasteiger partial charge in [-0.25, -0.2) is 4.98 Å². The zero-order chi connectivity index (χ0) is 21.7. The number of anilines is 1. The number of nitrogens with zero attached hydrogens (tertiary/aromatic N) is 1. The maximum Gasteiger partial charge on any atom is 0.231 e. The molecule has 2 N–H and O–H groups in total. The molecule has 0 spiro atoms. The van der Waals surface area contributed by atoms with Crippen molar-refractivity contribution in [3.63, 3.8) is 0 Å². The summed E-state index contributed by atoms with van der Waals surface area (Å²) in [7, 11) is 0. The first-order valence-electron chi connectivity index (χ1n) is 10.5. The van der Waals surface area contributed by atoms with Gasteiger partial charge in [0.2, 0.25) is 18.6 Å². The minimum Gasteiger partial charge on any atom is -0.454 e. The molecule has 31 heavy (non-hydrogen) atoms. The maximum atomic E-state index is 12.8. The number of benzene rings is 1. The SMILES string of the molecule is CC(=O)Nc1ccc(C#CC2(NC(=O)Cc3ccc4c(c3)OCO4)CCCCC2)cn1. The molecule has 2 heterocycles. The van der Waals surface area contributed by atoms with Crippen LogP contribution in [0.3, 0.4) is 0 Å². The Hall–Kier alpha value is -3.53. The molecule has 2 aliphatic rings. The molecule has 2 aromatic rings. The number of hydrogen-bond donors (Lipinski definition) is 2. The summed E-state index contributed by atoms with van der Waals surface area (Å²) in [6.45, 7) is 1.65. The van der Waals surface area contributed by atoms with Crippen molar-refractivity contribution in [1.29, 1.82) is 0 Å². The fourth-order valence-corrected chi connectivity index (χ4v) is 3.90. The van der Waals surface area contributed by atoms with Gasteiger partial charge in [0.25, 0.3) is 0 Å². The third kappa shape index (κ3) is 5.34. The van der Waals surface area contributed by atoms with E-state index in [9.17, 15) is 9.59 Å². The van der Waals surface area contributed by atoms with Gasteiger partial charge in [-0.05, 0) is 42.7 Å². The summed E-state index contributed by atoms with van der Waals surface area (Å²) in [5, 5.41) is 5.83. The molecule has 1 saturated carbocycles. The number of nitrogens with one attached hydrogen (secondary N) is 2. The number of fused-ring (bicyclic) bond motifs is 1. The normalized spacial score (nSPS) is 16.0. The highest BCUT2D eigenvalue weighted by atomic mass is 16.7. The van der Waals surface area contributed by atoms with Crippen LogP contribution in [0.5, 0.6) is 11.5 Å². The summed E-state index contributed by atoms with van der Waals surface area (Å²) in [4.78, 5) is 28.2. The summed E-state index contributed by atoms with van der Waals surface area (Å²) in [6, 6.07) is 9.10. The molecular weight excluding hydrogens is 394 g/mol.